The predicted octanol–water partition coefficient (Wildman–Crippen LogP) is 3.73. The Morgan fingerprint density at radius 2 is 1.74 bits per heavy atom. The van der Waals surface area contributed by atoms with E-state index < -0.39 is 43.2 Å². The molecule has 27 heavy (non-hydrogen) atoms. The normalized spacial score (nSPS) is 13.3. The largest absolute Gasteiger partial charge is 0.417 e. The number of carbonyl (C=O) groups is 2. The lowest BCUT2D eigenvalue weighted by Gasteiger charge is -2.31. The summed E-state index contributed by atoms with van der Waals surface area (Å²) in [6.07, 6.45) is -4.74. The molecule has 0 heterocycles. The van der Waals surface area contributed by atoms with E-state index in [1.54, 1.807) is 0 Å². The second-order valence-corrected chi connectivity index (χ2v) is 12.9. The Labute approximate surface area is 158 Å². The van der Waals surface area contributed by atoms with Crippen molar-refractivity contribution < 1.29 is 22.8 Å². The number of rotatable bonds is 4. The lowest BCUT2D eigenvalue weighted by atomic mass is 10.1. The van der Waals surface area contributed by atoms with E-state index in [1.165, 1.54) is 12.1 Å². The molecule has 8 heteroatoms. The van der Waals surface area contributed by atoms with Crippen LogP contribution in [-0.2, 0) is 11.0 Å². The standard InChI is InChI=1S/C19H25F3N2O2Si/c1-18(2,3)27(4,5)12-8-11-15(16(23)25)24-17(26)13-9-6-7-10-14(13)19(20,21)22/h6-7,9-10,15H,11H2,1-5H3,(H2,23,25)(H,24,26)/t15-/m0/s1. The monoisotopic (exact) mass is 398 g/mol. The molecule has 1 aromatic carbocycles. The number of benzene rings is 1. The zero-order valence-electron chi connectivity index (χ0n) is 16.1. The molecule has 148 valence electrons. The van der Waals surface area contributed by atoms with E-state index in [9.17, 15) is 22.8 Å². The molecule has 4 nitrogen and oxygen atoms in total. The summed E-state index contributed by atoms with van der Waals surface area (Å²) < 4.78 is 39.2. The average molecular weight is 399 g/mol. The number of hydrogen-bond acceptors (Lipinski definition) is 2. The summed E-state index contributed by atoms with van der Waals surface area (Å²) in [5.74, 6) is 1.03. The van der Waals surface area contributed by atoms with Gasteiger partial charge in [-0.05, 0) is 17.2 Å². The summed E-state index contributed by atoms with van der Waals surface area (Å²) in [7, 11) is -1.92. The van der Waals surface area contributed by atoms with Crippen LogP contribution in [0.5, 0.6) is 0 Å². The van der Waals surface area contributed by atoms with Crippen LogP contribution in [0.1, 0.15) is 43.1 Å². The maximum absolute atomic E-state index is 13.1. The fourth-order valence-electron chi connectivity index (χ4n) is 1.95. The molecule has 0 unspecified atom stereocenters. The van der Waals surface area contributed by atoms with Crippen molar-refractivity contribution in [3.05, 3.63) is 35.4 Å². The van der Waals surface area contributed by atoms with Crippen molar-refractivity contribution in [2.75, 3.05) is 0 Å². The van der Waals surface area contributed by atoms with Crippen LogP contribution in [0.3, 0.4) is 0 Å². The second kappa shape index (κ2) is 8.17. The van der Waals surface area contributed by atoms with Crippen molar-refractivity contribution in [1.82, 2.24) is 5.32 Å². The lowest BCUT2D eigenvalue weighted by Crippen LogP contribution is -2.44. The Hall–Kier alpha value is -2.27. The fourth-order valence-corrected chi connectivity index (χ4v) is 2.87. The summed E-state index contributed by atoms with van der Waals surface area (Å²) in [4.78, 5) is 23.9. The Bertz CT molecular complexity index is 772. The number of nitrogens with one attached hydrogen (secondary N) is 1. The minimum atomic E-state index is -4.68. The van der Waals surface area contributed by atoms with Gasteiger partial charge in [-0.3, -0.25) is 9.59 Å². The molecular formula is C19H25F3N2O2Si. The third-order valence-electron chi connectivity index (χ3n) is 4.71. The smallest absolute Gasteiger partial charge is 0.368 e. The number of nitrogens with two attached hydrogens (primary N) is 1. The first-order chi connectivity index (χ1) is 12.2. The Balaban J connectivity index is 3.01. The number of halogens is 3. The van der Waals surface area contributed by atoms with Crippen LogP contribution in [0.2, 0.25) is 18.1 Å². The zero-order valence-corrected chi connectivity index (χ0v) is 17.1. The second-order valence-electron chi connectivity index (χ2n) is 7.85. The molecule has 0 bridgehead atoms. The molecule has 0 radical (unpaired) electrons. The third-order valence-corrected chi connectivity index (χ3v) is 9.26. The molecule has 0 spiro atoms. The minimum absolute atomic E-state index is 0.0110. The highest BCUT2D eigenvalue weighted by atomic mass is 28.3. The first-order valence-corrected chi connectivity index (χ1v) is 11.4. The average Bonchev–Trinajstić information content (AvgIpc) is 2.51. The number of primary amides is 1. The molecule has 3 N–H and O–H groups in total. The van der Waals surface area contributed by atoms with Crippen LogP contribution in [0.4, 0.5) is 13.2 Å². The molecule has 1 atom stereocenters. The van der Waals surface area contributed by atoms with Gasteiger partial charge >= 0.3 is 6.18 Å². The van der Waals surface area contributed by atoms with Gasteiger partial charge in [-0.15, -0.1) is 11.5 Å². The van der Waals surface area contributed by atoms with Crippen molar-refractivity contribution in [2.24, 2.45) is 5.73 Å². The molecule has 0 saturated heterocycles. The third kappa shape index (κ3) is 6.14. The van der Waals surface area contributed by atoms with Crippen LogP contribution in [-0.4, -0.2) is 25.9 Å². The Kier molecular flexibility index (Phi) is 6.89. The molecule has 0 aliphatic heterocycles. The van der Waals surface area contributed by atoms with E-state index >= 15 is 0 Å². The van der Waals surface area contributed by atoms with Gasteiger partial charge in [0, 0.05) is 6.42 Å². The lowest BCUT2D eigenvalue weighted by molar-refractivity contribution is -0.137. The van der Waals surface area contributed by atoms with E-state index in [-0.39, 0.29) is 11.5 Å². The van der Waals surface area contributed by atoms with E-state index in [1.807, 2.05) is 0 Å². The number of alkyl halides is 3. The van der Waals surface area contributed by atoms with Crippen LogP contribution in [0.15, 0.2) is 24.3 Å². The summed E-state index contributed by atoms with van der Waals surface area (Å²) >= 11 is 0. The maximum Gasteiger partial charge on any atom is 0.417 e. The number of hydrogen-bond donors (Lipinski definition) is 2. The van der Waals surface area contributed by atoms with Crippen LogP contribution in [0.25, 0.3) is 0 Å². The van der Waals surface area contributed by atoms with Gasteiger partial charge in [0.2, 0.25) is 5.91 Å². The summed E-state index contributed by atoms with van der Waals surface area (Å²) in [6.45, 7) is 10.4. The Morgan fingerprint density at radius 1 is 1.19 bits per heavy atom. The summed E-state index contributed by atoms with van der Waals surface area (Å²) in [5.41, 5.74) is 6.84. The van der Waals surface area contributed by atoms with Crippen molar-refractivity contribution in [2.45, 2.75) is 57.5 Å². The number of carbonyl (C=O) groups excluding carboxylic acids is 2. The van der Waals surface area contributed by atoms with Gasteiger partial charge in [0.25, 0.3) is 5.91 Å². The summed E-state index contributed by atoms with van der Waals surface area (Å²) in [5, 5.41) is 2.28. The molecule has 1 rings (SSSR count). The summed E-state index contributed by atoms with van der Waals surface area (Å²) in [6, 6.07) is 3.20. The van der Waals surface area contributed by atoms with Gasteiger partial charge < -0.3 is 11.1 Å². The topological polar surface area (TPSA) is 72.2 Å². The van der Waals surface area contributed by atoms with Gasteiger partial charge in [-0.25, -0.2) is 0 Å². The van der Waals surface area contributed by atoms with Gasteiger partial charge in [0.05, 0.1) is 11.1 Å². The first-order valence-electron chi connectivity index (χ1n) is 8.43. The Morgan fingerprint density at radius 3 is 2.22 bits per heavy atom. The van der Waals surface area contributed by atoms with E-state index in [0.29, 0.717) is 0 Å². The zero-order chi connectivity index (χ0) is 21.0. The molecular weight excluding hydrogens is 373 g/mol. The highest BCUT2D eigenvalue weighted by Crippen LogP contribution is 2.35. The molecule has 0 fully saturated rings. The van der Waals surface area contributed by atoms with Gasteiger partial charge in [0.15, 0.2) is 0 Å². The molecule has 2 amide bonds. The van der Waals surface area contributed by atoms with E-state index in [4.69, 9.17) is 5.73 Å². The van der Waals surface area contributed by atoms with E-state index in [0.717, 1.165) is 12.1 Å². The molecule has 1 aromatic rings. The SMILES string of the molecule is CC(C)(C)[Si](C)(C)C#CC[C@H](NC(=O)c1ccccc1C(F)(F)F)C(N)=O. The van der Waals surface area contributed by atoms with Gasteiger partial charge in [-0.2, -0.15) is 13.2 Å². The van der Waals surface area contributed by atoms with Gasteiger partial charge in [0.1, 0.15) is 14.1 Å². The van der Waals surface area contributed by atoms with Crippen LogP contribution < -0.4 is 11.1 Å². The molecule has 0 aromatic heterocycles. The van der Waals surface area contributed by atoms with Crippen molar-refractivity contribution >= 4 is 19.9 Å². The number of amides is 2. The fraction of sp³-hybridized carbons (Fsp3) is 0.474. The van der Waals surface area contributed by atoms with Crippen molar-refractivity contribution in [1.29, 1.82) is 0 Å². The molecule has 0 aliphatic rings. The minimum Gasteiger partial charge on any atom is -0.368 e. The van der Waals surface area contributed by atoms with E-state index in [2.05, 4.69) is 50.6 Å². The van der Waals surface area contributed by atoms with Crippen LogP contribution in [0, 0.1) is 11.5 Å². The highest BCUT2D eigenvalue weighted by Gasteiger charge is 2.36. The van der Waals surface area contributed by atoms with Crippen molar-refractivity contribution in [3.8, 4) is 11.5 Å². The predicted molar refractivity (Wildman–Crippen MR) is 101 cm³/mol. The van der Waals surface area contributed by atoms with Crippen molar-refractivity contribution in [3.63, 3.8) is 0 Å². The first kappa shape index (κ1) is 22.8. The van der Waals surface area contributed by atoms with Crippen LogP contribution >= 0.6 is 0 Å². The molecule has 0 aliphatic carbocycles. The quantitative estimate of drug-likeness (QED) is 0.599. The van der Waals surface area contributed by atoms with Gasteiger partial charge in [-0.1, -0.05) is 46.0 Å². The highest BCUT2D eigenvalue weighted by molar-refractivity contribution is 6.87. The maximum atomic E-state index is 13.1. The molecule has 0 saturated carbocycles.